The van der Waals surface area contributed by atoms with Gasteiger partial charge in [0, 0.05) is 12.1 Å². The van der Waals surface area contributed by atoms with Crippen molar-refractivity contribution in [3.8, 4) is 0 Å². The van der Waals surface area contributed by atoms with Crippen LogP contribution >= 0.6 is 0 Å². The van der Waals surface area contributed by atoms with Crippen LogP contribution in [0.3, 0.4) is 0 Å². The molecule has 0 aliphatic heterocycles. The number of benzene rings is 1. The normalized spacial score (nSPS) is 12.4. The standard InChI is InChI=1S/C11H16N2O5S/c1-8-7-9(13(14)15)5-6-10(8)19(16,17)12-18-11(2,3)4/h5-7,12H,1-4H3. The van der Waals surface area contributed by atoms with Gasteiger partial charge in [0.15, 0.2) is 0 Å². The number of non-ortho nitro benzene ring substituents is 1. The van der Waals surface area contributed by atoms with E-state index in [9.17, 15) is 18.5 Å². The van der Waals surface area contributed by atoms with Crippen molar-refractivity contribution in [2.24, 2.45) is 0 Å². The number of nitro groups is 1. The molecule has 1 N–H and O–H groups in total. The summed E-state index contributed by atoms with van der Waals surface area (Å²) in [5.74, 6) is 0. The molecule has 0 atom stereocenters. The predicted molar refractivity (Wildman–Crippen MR) is 69.0 cm³/mol. The maximum atomic E-state index is 12.0. The highest BCUT2D eigenvalue weighted by Gasteiger charge is 2.22. The van der Waals surface area contributed by atoms with Gasteiger partial charge in [0.05, 0.1) is 15.4 Å². The first-order valence-electron chi connectivity index (χ1n) is 5.48. The first-order chi connectivity index (χ1) is 8.53. The molecule has 0 amide bonds. The zero-order valence-corrected chi connectivity index (χ0v) is 11.9. The van der Waals surface area contributed by atoms with Gasteiger partial charge < -0.3 is 0 Å². The average molecular weight is 288 g/mol. The van der Waals surface area contributed by atoms with Gasteiger partial charge in [-0.05, 0) is 39.3 Å². The number of nitrogens with zero attached hydrogens (tertiary/aromatic N) is 1. The van der Waals surface area contributed by atoms with Crippen molar-refractivity contribution in [3.05, 3.63) is 33.9 Å². The molecule has 0 radical (unpaired) electrons. The smallest absolute Gasteiger partial charge is 0.269 e. The second-order valence-corrected chi connectivity index (χ2v) is 6.62. The van der Waals surface area contributed by atoms with Gasteiger partial charge in [0.25, 0.3) is 15.7 Å². The summed E-state index contributed by atoms with van der Waals surface area (Å²) in [6, 6.07) is 3.52. The molecule has 0 aliphatic carbocycles. The van der Waals surface area contributed by atoms with E-state index >= 15 is 0 Å². The van der Waals surface area contributed by atoms with Crippen molar-refractivity contribution < 1.29 is 18.2 Å². The van der Waals surface area contributed by atoms with E-state index in [4.69, 9.17) is 4.84 Å². The largest absolute Gasteiger partial charge is 0.281 e. The lowest BCUT2D eigenvalue weighted by atomic mass is 10.2. The van der Waals surface area contributed by atoms with Gasteiger partial charge in [-0.3, -0.25) is 15.0 Å². The number of sulfonamides is 1. The summed E-state index contributed by atoms with van der Waals surface area (Å²) < 4.78 is 23.9. The van der Waals surface area contributed by atoms with Crippen molar-refractivity contribution in [2.75, 3.05) is 0 Å². The Bertz CT molecular complexity index is 590. The van der Waals surface area contributed by atoms with Crippen LogP contribution in [0, 0.1) is 17.0 Å². The maximum absolute atomic E-state index is 12.0. The van der Waals surface area contributed by atoms with E-state index in [0.29, 0.717) is 0 Å². The molecular weight excluding hydrogens is 272 g/mol. The molecule has 0 unspecified atom stereocenters. The molecule has 0 heterocycles. The summed E-state index contributed by atoms with van der Waals surface area (Å²) in [6.45, 7) is 6.56. The van der Waals surface area contributed by atoms with Gasteiger partial charge in [-0.15, -0.1) is 0 Å². The molecule has 1 aromatic carbocycles. The highest BCUT2D eigenvalue weighted by Crippen LogP contribution is 2.21. The van der Waals surface area contributed by atoms with Crippen molar-refractivity contribution in [1.29, 1.82) is 0 Å². The fourth-order valence-corrected chi connectivity index (χ4v) is 2.45. The van der Waals surface area contributed by atoms with Crippen LogP contribution in [-0.2, 0) is 14.9 Å². The van der Waals surface area contributed by atoms with E-state index in [1.165, 1.54) is 19.1 Å². The minimum atomic E-state index is -3.86. The van der Waals surface area contributed by atoms with E-state index in [1.54, 1.807) is 20.8 Å². The Morgan fingerprint density at radius 2 is 1.89 bits per heavy atom. The van der Waals surface area contributed by atoms with Crippen molar-refractivity contribution in [3.63, 3.8) is 0 Å². The van der Waals surface area contributed by atoms with Crippen molar-refractivity contribution in [1.82, 2.24) is 4.89 Å². The van der Waals surface area contributed by atoms with Crippen LogP contribution in [-0.4, -0.2) is 18.9 Å². The van der Waals surface area contributed by atoms with Crippen LogP contribution < -0.4 is 4.89 Å². The van der Waals surface area contributed by atoms with Crippen LogP contribution in [0.4, 0.5) is 5.69 Å². The molecule has 0 saturated carbocycles. The van der Waals surface area contributed by atoms with Crippen LogP contribution in [0.1, 0.15) is 26.3 Å². The second-order valence-electron chi connectivity index (χ2n) is 5.01. The van der Waals surface area contributed by atoms with Gasteiger partial charge in [-0.1, -0.05) is 4.89 Å². The van der Waals surface area contributed by atoms with Gasteiger partial charge >= 0.3 is 0 Å². The predicted octanol–water partition coefficient (Wildman–Crippen LogP) is 1.91. The Balaban J connectivity index is 3.06. The minimum Gasteiger partial charge on any atom is -0.281 e. The quantitative estimate of drug-likeness (QED) is 0.674. The average Bonchev–Trinajstić information content (AvgIpc) is 2.25. The fourth-order valence-electron chi connectivity index (χ4n) is 1.27. The SMILES string of the molecule is Cc1cc([N+](=O)[O-])ccc1S(=O)(=O)NOC(C)(C)C. The highest BCUT2D eigenvalue weighted by molar-refractivity contribution is 7.89. The third-order valence-electron chi connectivity index (χ3n) is 2.12. The Morgan fingerprint density at radius 3 is 2.32 bits per heavy atom. The lowest BCUT2D eigenvalue weighted by molar-refractivity contribution is -0.385. The molecule has 0 spiro atoms. The summed E-state index contributed by atoms with van der Waals surface area (Å²) in [7, 11) is -3.86. The molecular formula is C11H16N2O5S. The zero-order chi connectivity index (χ0) is 14.8. The molecule has 1 rings (SSSR count). The monoisotopic (exact) mass is 288 g/mol. The Kier molecular flexibility index (Phi) is 4.28. The Morgan fingerprint density at radius 1 is 1.32 bits per heavy atom. The maximum Gasteiger partial charge on any atom is 0.269 e. The van der Waals surface area contributed by atoms with Crippen molar-refractivity contribution in [2.45, 2.75) is 38.2 Å². The van der Waals surface area contributed by atoms with Crippen LogP contribution in [0.25, 0.3) is 0 Å². The molecule has 106 valence electrons. The van der Waals surface area contributed by atoms with E-state index in [-0.39, 0.29) is 16.1 Å². The van der Waals surface area contributed by atoms with Crippen LogP contribution in [0.15, 0.2) is 23.1 Å². The summed E-state index contributed by atoms with van der Waals surface area (Å²) in [5, 5.41) is 10.6. The van der Waals surface area contributed by atoms with Gasteiger partial charge in [0.2, 0.25) is 0 Å². The minimum absolute atomic E-state index is 0.0534. The Labute approximate surface area is 111 Å². The Hall–Kier alpha value is -1.51. The molecule has 19 heavy (non-hydrogen) atoms. The number of hydrogen-bond acceptors (Lipinski definition) is 5. The molecule has 1 aromatic rings. The number of hydrogen-bond donors (Lipinski definition) is 1. The third kappa shape index (κ3) is 4.27. The van der Waals surface area contributed by atoms with E-state index in [0.717, 1.165) is 6.07 Å². The first-order valence-corrected chi connectivity index (χ1v) is 6.96. The number of nitrogens with one attached hydrogen (secondary N) is 1. The van der Waals surface area contributed by atoms with Gasteiger partial charge in [0.1, 0.15) is 0 Å². The topological polar surface area (TPSA) is 98.5 Å². The summed E-state index contributed by atoms with van der Waals surface area (Å²) in [5.41, 5.74) is -0.561. The molecule has 0 aliphatic rings. The number of nitro benzene ring substituents is 1. The molecule has 7 nitrogen and oxygen atoms in total. The van der Waals surface area contributed by atoms with Crippen LogP contribution in [0.5, 0.6) is 0 Å². The number of aryl methyl sites for hydroxylation is 1. The van der Waals surface area contributed by atoms with E-state index < -0.39 is 20.5 Å². The molecule has 0 aromatic heterocycles. The lowest BCUT2D eigenvalue weighted by Crippen LogP contribution is -2.33. The summed E-state index contributed by atoms with van der Waals surface area (Å²) in [4.78, 5) is 17.0. The third-order valence-corrected chi connectivity index (χ3v) is 3.46. The summed E-state index contributed by atoms with van der Waals surface area (Å²) in [6.07, 6.45) is 0. The van der Waals surface area contributed by atoms with Crippen LogP contribution in [0.2, 0.25) is 0 Å². The zero-order valence-electron chi connectivity index (χ0n) is 11.1. The molecule has 0 bridgehead atoms. The molecule has 8 heteroatoms. The molecule has 0 saturated heterocycles. The summed E-state index contributed by atoms with van der Waals surface area (Å²) >= 11 is 0. The van der Waals surface area contributed by atoms with Crippen molar-refractivity contribution >= 4 is 15.7 Å². The molecule has 0 fully saturated rings. The van der Waals surface area contributed by atoms with E-state index in [1.807, 2.05) is 4.89 Å². The fraction of sp³-hybridized carbons (Fsp3) is 0.455. The number of rotatable bonds is 4. The second kappa shape index (κ2) is 5.24. The van der Waals surface area contributed by atoms with Gasteiger partial charge in [-0.2, -0.15) is 0 Å². The van der Waals surface area contributed by atoms with Gasteiger partial charge in [-0.25, -0.2) is 8.42 Å². The highest BCUT2D eigenvalue weighted by atomic mass is 32.2. The van der Waals surface area contributed by atoms with E-state index in [2.05, 4.69) is 0 Å². The first kappa shape index (κ1) is 15.5. The lowest BCUT2D eigenvalue weighted by Gasteiger charge is -2.19.